The molecular weight excluding hydrogens is 496 g/mol. The summed E-state index contributed by atoms with van der Waals surface area (Å²) in [5.74, 6) is 0.316. The molecule has 0 saturated heterocycles. The maximum atomic E-state index is 14.0. The Morgan fingerprint density at radius 2 is 1.68 bits per heavy atom. The molecule has 0 radical (unpaired) electrons. The van der Waals surface area contributed by atoms with Crippen molar-refractivity contribution in [3.63, 3.8) is 0 Å². The second-order valence-corrected chi connectivity index (χ2v) is 11.9. The molecule has 1 fully saturated rings. The van der Waals surface area contributed by atoms with Crippen LogP contribution in [0.25, 0.3) is 0 Å². The summed E-state index contributed by atoms with van der Waals surface area (Å²) in [5.41, 5.74) is 4.14. The van der Waals surface area contributed by atoms with E-state index in [4.69, 9.17) is 0 Å². The number of rotatable bonds is 10. The highest BCUT2D eigenvalue weighted by Crippen LogP contribution is 2.42. The molecule has 6 heteroatoms. The molecule has 0 unspecified atom stereocenters. The first-order chi connectivity index (χ1) is 19.4. The summed E-state index contributed by atoms with van der Waals surface area (Å²) in [7, 11) is 2.05. The second kappa shape index (κ2) is 12.9. The molecule has 1 aliphatic heterocycles. The van der Waals surface area contributed by atoms with Crippen LogP contribution >= 0.6 is 0 Å². The molecule has 1 aliphatic carbocycles. The minimum absolute atomic E-state index is 0.00186. The zero-order valence-electron chi connectivity index (χ0n) is 24.2. The van der Waals surface area contributed by atoms with Crippen LogP contribution in [-0.2, 0) is 18.3 Å². The number of benzene rings is 2. The minimum atomic E-state index is -0.293. The third-order valence-electron chi connectivity index (χ3n) is 8.80. The molecular formula is C34H44N4O2. The van der Waals surface area contributed by atoms with E-state index >= 15 is 0 Å². The van der Waals surface area contributed by atoms with E-state index in [1.165, 1.54) is 24.8 Å². The smallest absolute Gasteiger partial charge is 0.254 e. The summed E-state index contributed by atoms with van der Waals surface area (Å²) in [6.45, 7) is 5.44. The SMILES string of the molecule is CC(C)[C@H](NC[C@H]1c2ccccc2C(=O)N(CCc2ccccc2)[C@H]1c1cccn1C)C(=O)NC1CCCCC1. The van der Waals surface area contributed by atoms with Crippen LogP contribution in [0.2, 0.25) is 0 Å². The number of hydrogen-bond donors (Lipinski definition) is 2. The molecule has 6 nitrogen and oxygen atoms in total. The summed E-state index contributed by atoms with van der Waals surface area (Å²) < 4.78 is 2.13. The van der Waals surface area contributed by atoms with Crippen molar-refractivity contribution in [3.8, 4) is 0 Å². The van der Waals surface area contributed by atoms with Crippen molar-refractivity contribution in [1.29, 1.82) is 0 Å². The lowest BCUT2D eigenvalue weighted by atomic mass is 9.80. The zero-order chi connectivity index (χ0) is 28.1. The molecule has 40 heavy (non-hydrogen) atoms. The summed E-state index contributed by atoms with van der Waals surface area (Å²) in [4.78, 5) is 29.5. The molecule has 5 rings (SSSR count). The first kappa shape index (κ1) is 28.2. The Labute approximate surface area is 239 Å². The maximum absolute atomic E-state index is 14.0. The number of aromatic nitrogens is 1. The van der Waals surface area contributed by atoms with Gasteiger partial charge in [0.2, 0.25) is 5.91 Å². The Morgan fingerprint density at radius 3 is 2.38 bits per heavy atom. The van der Waals surface area contributed by atoms with Gasteiger partial charge in [0.25, 0.3) is 5.91 Å². The number of fused-ring (bicyclic) bond motifs is 1. The second-order valence-electron chi connectivity index (χ2n) is 11.9. The van der Waals surface area contributed by atoms with Gasteiger partial charge in [-0.25, -0.2) is 0 Å². The van der Waals surface area contributed by atoms with E-state index in [-0.39, 0.29) is 41.8 Å². The Balaban J connectivity index is 1.44. The third-order valence-corrected chi connectivity index (χ3v) is 8.80. The van der Waals surface area contributed by atoms with Gasteiger partial charge < -0.3 is 20.1 Å². The van der Waals surface area contributed by atoms with E-state index < -0.39 is 0 Å². The predicted molar refractivity (Wildman–Crippen MR) is 160 cm³/mol. The Hall–Kier alpha value is -3.38. The van der Waals surface area contributed by atoms with E-state index in [1.54, 1.807) is 0 Å². The standard InChI is InChI=1S/C34H44N4O2/c1-24(2)31(33(39)36-26-15-8-5-9-16-26)35-23-29-27-17-10-11-18-28(27)34(40)38(22-20-25-13-6-4-7-14-25)32(29)30-19-12-21-37(30)3/h4,6-7,10-14,17-19,21,24,26,29,31-32,35H,5,8-9,15-16,20,22-23H2,1-3H3,(H,36,39)/t29-,31-,32+/m0/s1. The quantitative estimate of drug-likeness (QED) is 0.351. The van der Waals surface area contributed by atoms with Crippen LogP contribution in [-0.4, -0.2) is 46.5 Å². The lowest BCUT2D eigenvalue weighted by molar-refractivity contribution is -0.125. The van der Waals surface area contributed by atoms with Crippen molar-refractivity contribution in [2.24, 2.45) is 13.0 Å². The lowest BCUT2D eigenvalue weighted by Crippen LogP contribution is -2.53. The molecule has 0 bridgehead atoms. The van der Waals surface area contributed by atoms with E-state index in [9.17, 15) is 9.59 Å². The molecule has 2 aliphatic rings. The summed E-state index contributed by atoms with van der Waals surface area (Å²) >= 11 is 0. The van der Waals surface area contributed by atoms with E-state index in [0.29, 0.717) is 13.1 Å². The number of carbonyl (C=O) groups excluding carboxylic acids is 2. The fourth-order valence-electron chi connectivity index (χ4n) is 6.61. The van der Waals surface area contributed by atoms with Gasteiger partial charge in [-0.3, -0.25) is 9.59 Å². The fraction of sp³-hybridized carbons (Fsp3) is 0.471. The average molecular weight is 541 g/mol. The molecule has 3 aromatic rings. The fourth-order valence-corrected chi connectivity index (χ4v) is 6.61. The highest BCUT2D eigenvalue weighted by Gasteiger charge is 2.41. The highest BCUT2D eigenvalue weighted by molar-refractivity contribution is 5.97. The van der Waals surface area contributed by atoms with Gasteiger partial charge in [-0.1, -0.05) is 81.6 Å². The number of amides is 2. The van der Waals surface area contributed by atoms with Crippen LogP contribution in [0.5, 0.6) is 0 Å². The van der Waals surface area contributed by atoms with Gasteiger partial charge in [-0.15, -0.1) is 0 Å². The van der Waals surface area contributed by atoms with Crippen molar-refractivity contribution >= 4 is 11.8 Å². The first-order valence-electron chi connectivity index (χ1n) is 15.0. The molecule has 2 aromatic carbocycles. The van der Waals surface area contributed by atoms with Gasteiger partial charge in [-0.05, 0) is 54.5 Å². The van der Waals surface area contributed by atoms with Crippen LogP contribution in [0.4, 0.5) is 0 Å². The molecule has 1 aromatic heterocycles. The Morgan fingerprint density at radius 1 is 0.950 bits per heavy atom. The van der Waals surface area contributed by atoms with Crippen molar-refractivity contribution in [3.05, 3.63) is 95.3 Å². The van der Waals surface area contributed by atoms with Gasteiger partial charge in [-0.2, -0.15) is 0 Å². The number of hydrogen-bond acceptors (Lipinski definition) is 3. The van der Waals surface area contributed by atoms with Crippen molar-refractivity contribution in [1.82, 2.24) is 20.1 Å². The average Bonchev–Trinajstić information content (AvgIpc) is 3.39. The van der Waals surface area contributed by atoms with E-state index in [0.717, 1.165) is 36.1 Å². The largest absolute Gasteiger partial charge is 0.353 e. The van der Waals surface area contributed by atoms with E-state index in [1.807, 2.05) is 24.3 Å². The highest BCUT2D eigenvalue weighted by atomic mass is 16.2. The topological polar surface area (TPSA) is 66.4 Å². The van der Waals surface area contributed by atoms with Crippen LogP contribution in [0.1, 0.15) is 85.1 Å². The molecule has 2 amide bonds. The zero-order valence-corrected chi connectivity index (χ0v) is 24.2. The van der Waals surface area contributed by atoms with Gasteiger partial charge in [0.15, 0.2) is 0 Å². The number of aryl methyl sites for hydroxylation is 1. The monoisotopic (exact) mass is 540 g/mol. The number of carbonyl (C=O) groups is 2. The Bertz CT molecular complexity index is 1280. The third kappa shape index (κ3) is 6.17. The molecule has 0 spiro atoms. The normalized spacial score (nSPS) is 20.4. The van der Waals surface area contributed by atoms with Crippen LogP contribution in [0.3, 0.4) is 0 Å². The molecule has 2 N–H and O–H groups in total. The minimum Gasteiger partial charge on any atom is -0.353 e. The van der Waals surface area contributed by atoms with Gasteiger partial charge in [0.1, 0.15) is 0 Å². The lowest BCUT2D eigenvalue weighted by Gasteiger charge is -2.43. The molecule has 212 valence electrons. The van der Waals surface area contributed by atoms with E-state index in [2.05, 4.69) is 89.7 Å². The summed E-state index contributed by atoms with van der Waals surface area (Å²) in [5, 5.41) is 7.02. The molecule has 2 heterocycles. The van der Waals surface area contributed by atoms with Crippen LogP contribution in [0.15, 0.2) is 72.9 Å². The van der Waals surface area contributed by atoms with Crippen molar-refractivity contribution in [2.45, 2.75) is 76.4 Å². The van der Waals surface area contributed by atoms with Crippen LogP contribution in [0, 0.1) is 5.92 Å². The molecule has 1 saturated carbocycles. The molecule has 3 atom stereocenters. The first-order valence-corrected chi connectivity index (χ1v) is 15.0. The van der Waals surface area contributed by atoms with Gasteiger partial charge in [0.05, 0.1) is 12.1 Å². The number of nitrogens with zero attached hydrogens (tertiary/aromatic N) is 2. The number of nitrogens with one attached hydrogen (secondary N) is 2. The summed E-state index contributed by atoms with van der Waals surface area (Å²) in [6.07, 6.45) is 8.62. The van der Waals surface area contributed by atoms with Crippen LogP contribution < -0.4 is 10.6 Å². The van der Waals surface area contributed by atoms with Gasteiger partial charge in [0, 0.05) is 49.6 Å². The van der Waals surface area contributed by atoms with Crippen molar-refractivity contribution < 1.29 is 9.59 Å². The predicted octanol–water partition coefficient (Wildman–Crippen LogP) is 5.61. The van der Waals surface area contributed by atoms with Crippen molar-refractivity contribution in [2.75, 3.05) is 13.1 Å². The Kier molecular flexibility index (Phi) is 9.05. The maximum Gasteiger partial charge on any atom is 0.254 e. The van der Waals surface area contributed by atoms with Gasteiger partial charge >= 0.3 is 0 Å². The summed E-state index contributed by atoms with van der Waals surface area (Å²) in [6, 6.07) is 22.4.